The molecule has 2 unspecified atom stereocenters. The molecule has 12 heteroatoms. The predicted octanol–water partition coefficient (Wildman–Crippen LogP) is 4.46. The number of rotatable bonds is 10. The van der Waals surface area contributed by atoms with E-state index in [1.54, 1.807) is 24.0 Å². The number of anilines is 1. The fourth-order valence-electron chi connectivity index (χ4n) is 4.80. The average Bonchev–Trinajstić information content (AvgIpc) is 3.35. The molecule has 1 amide bonds. The van der Waals surface area contributed by atoms with E-state index in [0.717, 1.165) is 30.0 Å². The quantitative estimate of drug-likeness (QED) is 0.399. The Morgan fingerprint density at radius 1 is 1.07 bits per heavy atom. The maximum Gasteiger partial charge on any atom is 0.410 e. The average molecular weight is 595 g/mol. The second-order valence-corrected chi connectivity index (χ2v) is 10.6. The number of halogens is 2. The van der Waals surface area contributed by atoms with E-state index < -0.39 is 12.2 Å². The van der Waals surface area contributed by atoms with Gasteiger partial charge in [0.2, 0.25) is 0 Å². The standard InChI is InChI=1S/C28H37Cl2N5O5/c1-4-21-26(19-8-7-18(29)15-20(19)30)31-22(5-2)27(32-21)33-23-16-35(17-24(23)40-25(36)6-3)28(37)39-14-11-34-9-12-38-13-10-34/h7-8,15,23-24H,4-6,9-14,16-17H2,1-3H3,(H,32,33). The van der Waals surface area contributed by atoms with Gasteiger partial charge >= 0.3 is 12.1 Å². The highest BCUT2D eigenvalue weighted by atomic mass is 35.5. The molecular weight excluding hydrogens is 557 g/mol. The Morgan fingerprint density at radius 2 is 1.82 bits per heavy atom. The Labute approximate surface area is 245 Å². The number of hydrogen-bond acceptors (Lipinski definition) is 9. The normalized spacial score (nSPS) is 19.5. The summed E-state index contributed by atoms with van der Waals surface area (Å²) in [6.45, 7) is 10.2. The first-order valence-corrected chi connectivity index (χ1v) is 14.6. The number of carbonyl (C=O) groups is 2. The molecule has 0 bridgehead atoms. The molecule has 3 heterocycles. The third-order valence-electron chi connectivity index (χ3n) is 7.05. The minimum Gasteiger partial charge on any atom is -0.458 e. The summed E-state index contributed by atoms with van der Waals surface area (Å²) in [5, 5.41) is 4.49. The first-order valence-electron chi connectivity index (χ1n) is 13.9. The lowest BCUT2D eigenvalue weighted by Gasteiger charge is -2.26. The van der Waals surface area contributed by atoms with Crippen molar-refractivity contribution in [3.05, 3.63) is 39.6 Å². The maximum atomic E-state index is 12.9. The van der Waals surface area contributed by atoms with E-state index in [1.165, 1.54) is 0 Å². The fraction of sp³-hybridized carbons (Fsp3) is 0.571. The van der Waals surface area contributed by atoms with Gasteiger partial charge in [0.05, 0.1) is 47.9 Å². The SMILES string of the molecule is CCC(=O)OC1CN(C(=O)OCCN2CCOCC2)CC1Nc1nc(CC)c(-c2ccc(Cl)cc2Cl)nc1CC. The van der Waals surface area contributed by atoms with Crippen molar-refractivity contribution in [2.45, 2.75) is 52.2 Å². The van der Waals surface area contributed by atoms with Gasteiger partial charge < -0.3 is 24.4 Å². The number of morpholine rings is 1. The number of benzene rings is 1. The molecule has 2 aromatic rings. The molecule has 0 aliphatic carbocycles. The molecule has 0 radical (unpaired) electrons. The van der Waals surface area contributed by atoms with Crippen LogP contribution in [-0.4, -0.2) is 96.5 Å². The van der Waals surface area contributed by atoms with Gasteiger partial charge in [0.1, 0.15) is 18.5 Å². The number of likely N-dealkylation sites (tertiary alicyclic amines) is 1. The molecule has 218 valence electrons. The van der Waals surface area contributed by atoms with Crippen LogP contribution in [0.4, 0.5) is 10.6 Å². The third kappa shape index (κ3) is 7.54. The highest BCUT2D eigenvalue weighted by Gasteiger charge is 2.39. The number of nitrogens with zero attached hydrogens (tertiary/aromatic N) is 4. The van der Waals surface area contributed by atoms with Gasteiger partial charge in [-0.25, -0.2) is 14.8 Å². The molecule has 10 nitrogen and oxygen atoms in total. The lowest BCUT2D eigenvalue weighted by atomic mass is 10.1. The monoisotopic (exact) mass is 593 g/mol. The van der Waals surface area contributed by atoms with Gasteiger partial charge in [-0.3, -0.25) is 9.69 Å². The summed E-state index contributed by atoms with van der Waals surface area (Å²) >= 11 is 12.6. The number of carbonyl (C=O) groups excluding carboxylic acids is 2. The van der Waals surface area contributed by atoms with E-state index in [0.29, 0.717) is 60.7 Å². The molecule has 2 atom stereocenters. The summed E-state index contributed by atoms with van der Waals surface area (Å²) < 4.78 is 16.6. The Bertz CT molecular complexity index is 1190. The van der Waals surface area contributed by atoms with Gasteiger partial charge in [-0.2, -0.15) is 0 Å². The summed E-state index contributed by atoms with van der Waals surface area (Å²) in [6.07, 6.45) is 0.487. The summed E-state index contributed by atoms with van der Waals surface area (Å²) in [6, 6.07) is 4.94. The van der Waals surface area contributed by atoms with Crippen LogP contribution >= 0.6 is 23.2 Å². The summed E-state index contributed by atoms with van der Waals surface area (Å²) in [4.78, 5) is 38.7. The van der Waals surface area contributed by atoms with E-state index in [4.69, 9.17) is 47.4 Å². The van der Waals surface area contributed by atoms with Crippen LogP contribution in [0.3, 0.4) is 0 Å². The van der Waals surface area contributed by atoms with Crippen LogP contribution in [0.15, 0.2) is 18.2 Å². The Kier molecular flexibility index (Phi) is 10.8. The molecule has 1 N–H and O–H groups in total. The smallest absolute Gasteiger partial charge is 0.410 e. The lowest BCUT2D eigenvalue weighted by Crippen LogP contribution is -2.39. The lowest BCUT2D eigenvalue weighted by molar-refractivity contribution is -0.148. The zero-order chi connectivity index (χ0) is 28.6. The number of hydrogen-bond donors (Lipinski definition) is 1. The van der Waals surface area contributed by atoms with Gasteiger partial charge in [0.15, 0.2) is 0 Å². The fourth-order valence-corrected chi connectivity index (χ4v) is 5.30. The molecule has 1 aromatic carbocycles. The van der Waals surface area contributed by atoms with E-state index in [9.17, 15) is 9.59 Å². The predicted molar refractivity (Wildman–Crippen MR) is 154 cm³/mol. The highest BCUT2D eigenvalue weighted by molar-refractivity contribution is 6.36. The van der Waals surface area contributed by atoms with Crippen molar-refractivity contribution in [3.8, 4) is 11.3 Å². The van der Waals surface area contributed by atoms with Crippen molar-refractivity contribution in [3.63, 3.8) is 0 Å². The molecule has 0 spiro atoms. The molecule has 2 fully saturated rings. The number of ether oxygens (including phenoxy) is 3. The largest absolute Gasteiger partial charge is 0.458 e. The van der Waals surface area contributed by atoms with Gasteiger partial charge in [-0.05, 0) is 31.0 Å². The van der Waals surface area contributed by atoms with E-state index >= 15 is 0 Å². The Hall–Kier alpha value is -2.66. The van der Waals surface area contributed by atoms with Crippen molar-refractivity contribution in [1.82, 2.24) is 19.8 Å². The van der Waals surface area contributed by atoms with Crippen LogP contribution in [0, 0.1) is 0 Å². The summed E-state index contributed by atoms with van der Waals surface area (Å²) in [5.41, 5.74) is 2.98. The number of aryl methyl sites for hydroxylation is 2. The maximum absolute atomic E-state index is 12.9. The van der Waals surface area contributed by atoms with Crippen LogP contribution in [0.25, 0.3) is 11.3 Å². The molecule has 2 aliphatic heterocycles. The molecule has 2 saturated heterocycles. The van der Waals surface area contributed by atoms with Crippen LogP contribution < -0.4 is 5.32 Å². The molecule has 40 heavy (non-hydrogen) atoms. The molecular formula is C28H37Cl2N5O5. The molecule has 1 aromatic heterocycles. The molecule has 2 aliphatic rings. The first-order chi connectivity index (χ1) is 19.3. The summed E-state index contributed by atoms with van der Waals surface area (Å²) in [5.74, 6) is 0.265. The Morgan fingerprint density at radius 3 is 2.50 bits per heavy atom. The highest BCUT2D eigenvalue weighted by Crippen LogP contribution is 2.33. The van der Waals surface area contributed by atoms with E-state index in [-0.39, 0.29) is 31.6 Å². The van der Waals surface area contributed by atoms with Gasteiger partial charge in [-0.15, -0.1) is 0 Å². The van der Waals surface area contributed by atoms with E-state index in [2.05, 4.69) is 10.2 Å². The van der Waals surface area contributed by atoms with E-state index in [1.807, 2.05) is 19.9 Å². The second kappa shape index (κ2) is 14.3. The van der Waals surface area contributed by atoms with Gasteiger partial charge in [-0.1, -0.05) is 44.0 Å². The Balaban J connectivity index is 1.50. The van der Waals surface area contributed by atoms with Gasteiger partial charge in [0.25, 0.3) is 0 Å². The van der Waals surface area contributed by atoms with Crippen LogP contribution in [0.2, 0.25) is 10.0 Å². The van der Waals surface area contributed by atoms with Crippen LogP contribution in [-0.2, 0) is 31.8 Å². The van der Waals surface area contributed by atoms with Crippen LogP contribution in [0.1, 0.15) is 38.6 Å². The van der Waals surface area contributed by atoms with Crippen molar-refractivity contribution in [1.29, 1.82) is 0 Å². The van der Waals surface area contributed by atoms with Crippen molar-refractivity contribution in [2.75, 3.05) is 57.9 Å². The van der Waals surface area contributed by atoms with Gasteiger partial charge in [0, 0.05) is 43.2 Å². The molecule has 4 rings (SSSR count). The van der Waals surface area contributed by atoms with Crippen molar-refractivity contribution in [2.24, 2.45) is 0 Å². The number of aromatic nitrogens is 2. The first kappa shape index (κ1) is 30.3. The number of esters is 1. The summed E-state index contributed by atoms with van der Waals surface area (Å²) in [7, 11) is 0. The minimum absolute atomic E-state index is 0.230. The van der Waals surface area contributed by atoms with Crippen molar-refractivity contribution >= 4 is 41.1 Å². The minimum atomic E-state index is -0.554. The molecule has 0 saturated carbocycles. The topological polar surface area (TPSA) is 106 Å². The van der Waals surface area contributed by atoms with Crippen molar-refractivity contribution < 1.29 is 23.8 Å². The zero-order valence-corrected chi connectivity index (χ0v) is 24.8. The zero-order valence-electron chi connectivity index (χ0n) is 23.3. The second-order valence-electron chi connectivity index (χ2n) is 9.75. The number of nitrogens with one attached hydrogen (secondary N) is 1. The number of amides is 1. The third-order valence-corrected chi connectivity index (χ3v) is 7.60. The van der Waals surface area contributed by atoms with Crippen LogP contribution in [0.5, 0.6) is 0 Å².